The van der Waals surface area contributed by atoms with Gasteiger partial charge in [-0.3, -0.25) is 4.79 Å². The maximum Gasteiger partial charge on any atom is 0.225 e. The first kappa shape index (κ1) is 15.6. The first-order valence-corrected chi connectivity index (χ1v) is 7.46. The first-order chi connectivity index (χ1) is 9.54. The van der Waals surface area contributed by atoms with Crippen LogP contribution < -0.4 is 5.32 Å². The van der Waals surface area contributed by atoms with E-state index in [1.807, 2.05) is 0 Å². The number of piperazine rings is 1. The highest BCUT2D eigenvalue weighted by atomic mass is 35.5. The van der Waals surface area contributed by atoms with E-state index in [-0.39, 0.29) is 5.91 Å². The van der Waals surface area contributed by atoms with Gasteiger partial charge in [-0.15, -0.1) is 0 Å². The quantitative estimate of drug-likeness (QED) is 0.927. The zero-order valence-corrected chi connectivity index (χ0v) is 13.0. The molecule has 0 spiro atoms. The summed E-state index contributed by atoms with van der Waals surface area (Å²) in [6.07, 6.45) is 0.475. The zero-order chi connectivity index (χ0) is 14.5. The molecule has 1 aromatic rings. The summed E-state index contributed by atoms with van der Waals surface area (Å²) in [5, 5.41) is 3.84. The largest absolute Gasteiger partial charge is 0.325 e. The van der Waals surface area contributed by atoms with Gasteiger partial charge in [-0.25, -0.2) is 0 Å². The number of amides is 1. The number of nitrogens with one attached hydrogen (secondary N) is 1. The Morgan fingerprint density at radius 1 is 1.25 bits per heavy atom. The summed E-state index contributed by atoms with van der Waals surface area (Å²) in [6, 6.07) is 5.06. The van der Waals surface area contributed by atoms with Crippen LogP contribution in [0.5, 0.6) is 0 Å². The lowest BCUT2D eigenvalue weighted by molar-refractivity contribution is -0.116. The third-order valence-electron chi connectivity index (χ3n) is 3.46. The van der Waals surface area contributed by atoms with Gasteiger partial charge in [0.1, 0.15) is 0 Å². The van der Waals surface area contributed by atoms with Crippen molar-refractivity contribution < 1.29 is 4.79 Å². The molecule has 1 heterocycles. The summed E-state index contributed by atoms with van der Waals surface area (Å²) < 4.78 is 0. The summed E-state index contributed by atoms with van der Waals surface area (Å²) in [6.45, 7) is 4.94. The minimum Gasteiger partial charge on any atom is -0.325 e. The molecule has 1 amide bonds. The lowest BCUT2D eigenvalue weighted by Gasteiger charge is -2.32. The van der Waals surface area contributed by atoms with E-state index in [0.717, 1.165) is 32.7 Å². The van der Waals surface area contributed by atoms with E-state index in [2.05, 4.69) is 22.2 Å². The van der Waals surface area contributed by atoms with Gasteiger partial charge in [0.25, 0.3) is 0 Å². The Hall–Kier alpha value is -0.810. The fourth-order valence-corrected chi connectivity index (χ4v) is 2.59. The molecule has 110 valence electrons. The number of anilines is 1. The smallest absolute Gasteiger partial charge is 0.225 e. The Balaban J connectivity index is 1.78. The number of carbonyl (C=O) groups is 1. The van der Waals surface area contributed by atoms with Gasteiger partial charge in [0.2, 0.25) is 5.91 Å². The Kier molecular flexibility index (Phi) is 5.66. The van der Waals surface area contributed by atoms with Crippen molar-refractivity contribution in [2.45, 2.75) is 6.42 Å². The molecule has 20 heavy (non-hydrogen) atoms. The molecule has 1 fully saturated rings. The molecule has 1 saturated heterocycles. The second-order valence-electron chi connectivity index (χ2n) is 5.07. The summed E-state index contributed by atoms with van der Waals surface area (Å²) in [4.78, 5) is 16.5. The van der Waals surface area contributed by atoms with Crippen molar-refractivity contribution in [1.29, 1.82) is 0 Å². The van der Waals surface area contributed by atoms with Crippen molar-refractivity contribution in [3.63, 3.8) is 0 Å². The highest BCUT2D eigenvalue weighted by molar-refractivity contribution is 6.36. The maximum absolute atomic E-state index is 11.9. The number of rotatable bonds is 4. The number of benzene rings is 1. The molecule has 2 rings (SSSR count). The molecule has 0 atom stereocenters. The molecule has 0 aromatic heterocycles. The number of likely N-dealkylation sites (N-methyl/N-ethyl adjacent to an activating group) is 1. The zero-order valence-electron chi connectivity index (χ0n) is 11.5. The second kappa shape index (κ2) is 7.27. The minimum absolute atomic E-state index is 0.0202. The van der Waals surface area contributed by atoms with Crippen LogP contribution >= 0.6 is 23.2 Å². The van der Waals surface area contributed by atoms with Crippen molar-refractivity contribution in [2.75, 3.05) is 45.1 Å². The fraction of sp³-hybridized carbons (Fsp3) is 0.500. The van der Waals surface area contributed by atoms with Crippen LogP contribution in [0.4, 0.5) is 5.69 Å². The number of nitrogens with zero attached hydrogens (tertiary/aromatic N) is 2. The van der Waals surface area contributed by atoms with Crippen LogP contribution in [-0.4, -0.2) is 55.5 Å². The molecule has 6 heteroatoms. The van der Waals surface area contributed by atoms with E-state index in [1.54, 1.807) is 18.2 Å². The molecule has 1 aliphatic heterocycles. The van der Waals surface area contributed by atoms with Gasteiger partial charge < -0.3 is 15.1 Å². The van der Waals surface area contributed by atoms with Crippen molar-refractivity contribution >= 4 is 34.8 Å². The Bertz CT molecular complexity index is 473. The van der Waals surface area contributed by atoms with E-state index < -0.39 is 0 Å². The monoisotopic (exact) mass is 315 g/mol. The third-order valence-corrected chi connectivity index (χ3v) is 4.00. The summed E-state index contributed by atoms with van der Waals surface area (Å²) >= 11 is 11.8. The molecule has 1 aliphatic rings. The van der Waals surface area contributed by atoms with Crippen molar-refractivity contribution in [1.82, 2.24) is 9.80 Å². The van der Waals surface area contributed by atoms with Crippen LogP contribution in [0.3, 0.4) is 0 Å². The predicted molar refractivity (Wildman–Crippen MR) is 83.6 cm³/mol. The average Bonchev–Trinajstić information content (AvgIpc) is 2.41. The summed E-state index contributed by atoms with van der Waals surface area (Å²) in [7, 11) is 2.12. The number of carbonyl (C=O) groups excluding carboxylic acids is 1. The van der Waals surface area contributed by atoms with Gasteiger partial charge in [0.05, 0.1) is 10.7 Å². The molecule has 0 radical (unpaired) electrons. The normalized spacial score (nSPS) is 17.1. The van der Waals surface area contributed by atoms with Gasteiger partial charge in [-0.1, -0.05) is 23.2 Å². The Morgan fingerprint density at radius 3 is 2.60 bits per heavy atom. The van der Waals surface area contributed by atoms with Gasteiger partial charge in [-0.05, 0) is 25.2 Å². The number of hydrogen-bond acceptors (Lipinski definition) is 3. The van der Waals surface area contributed by atoms with Crippen LogP contribution in [0.25, 0.3) is 0 Å². The number of hydrogen-bond donors (Lipinski definition) is 1. The van der Waals surface area contributed by atoms with Crippen LogP contribution in [0, 0.1) is 0 Å². The minimum atomic E-state index is -0.0202. The topological polar surface area (TPSA) is 35.6 Å². The predicted octanol–water partition coefficient (Wildman–Crippen LogP) is 2.57. The lowest BCUT2D eigenvalue weighted by atomic mass is 10.2. The van der Waals surface area contributed by atoms with Crippen molar-refractivity contribution in [3.8, 4) is 0 Å². The summed E-state index contributed by atoms with van der Waals surface area (Å²) in [5.41, 5.74) is 0.611. The van der Waals surface area contributed by atoms with Crippen LogP contribution in [0.15, 0.2) is 18.2 Å². The highest BCUT2D eigenvalue weighted by Gasteiger charge is 2.15. The van der Waals surface area contributed by atoms with E-state index in [0.29, 0.717) is 22.2 Å². The molecular weight excluding hydrogens is 297 g/mol. The van der Waals surface area contributed by atoms with E-state index in [4.69, 9.17) is 23.2 Å². The van der Waals surface area contributed by atoms with Gasteiger partial charge in [0.15, 0.2) is 0 Å². The Morgan fingerprint density at radius 2 is 1.95 bits per heavy atom. The van der Waals surface area contributed by atoms with Crippen molar-refractivity contribution in [3.05, 3.63) is 28.2 Å². The highest BCUT2D eigenvalue weighted by Crippen LogP contribution is 2.25. The molecule has 1 aromatic carbocycles. The van der Waals surface area contributed by atoms with E-state index in [1.165, 1.54) is 0 Å². The average molecular weight is 316 g/mol. The summed E-state index contributed by atoms with van der Waals surface area (Å²) in [5.74, 6) is -0.0202. The molecular formula is C14H19Cl2N3O. The van der Waals surface area contributed by atoms with E-state index >= 15 is 0 Å². The first-order valence-electron chi connectivity index (χ1n) is 6.70. The van der Waals surface area contributed by atoms with Gasteiger partial charge >= 0.3 is 0 Å². The fourth-order valence-electron chi connectivity index (χ4n) is 2.13. The maximum atomic E-state index is 11.9. The molecule has 0 unspecified atom stereocenters. The molecule has 1 N–H and O–H groups in total. The van der Waals surface area contributed by atoms with Gasteiger partial charge in [-0.2, -0.15) is 0 Å². The SMILES string of the molecule is CN1CCN(CCC(=O)Nc2ccc(Cl)cc2Cl)CC1. The molecule has 4 nitrogen and oxygen atoms in total. The second-order valence-corrected chi connectivity index (χ2v) is 5.91. The van der Waals surface area contributed by atoms with E-state index in [9.17, 15) is 4.79 Å². The van der Waals surface area contributed by atoms with Crippen LogP contribution in [-0.2, 0) is 4.79 Å². The third kappa shape index (κ3) is 4.63. The Labute approximate surface area is 129 Å². The van der Waals surface area contributed by atoms with Crippen LogP contribution in [0.1, 0.15) is 6.42 Å². The van der Waals surface area contributed by atoms with Gasteiger partial charge in [0, 0.05) is 44.2 Å². The standard InChI is InChI=1S/C14H19Cl2N3O/c1-18-6-8-19(9-7-18)5-4-14(20)17-13-3-2-11(15)10-12(13)16/h2-3,10H,4-9H2,1H3,(H,17,20). The molecule has 0 saturated carbocycles. The number of halogens is 2. The molecule has 0 aliphatic carbocycles. The lowest BCUT2D eigenvalue weighted by Crippen LogP contribution is -2.45. The van der Waals surface area contributed by atoms with Crippen LogP contribution in [0.2, 0.25) is 10.0 Å². The molecule has 0 bridgehead atoms. The van der Waals surface area contributed by atoms with Crippen molar-refractivity contribution in [2.24, 2.45) is 0 Å².